The Labute approximate surface area is 137 Å². The number of amides is 1. The minimum absolute atomic E-state index is 0.0117. The standard InChI is InChI=1S/C16H29NO6/c1-6-11(4)7-13(8-14(19)20)9-17-16(21)23-15(10(2)3)22-12(5)18/h10-11,13,15H,6-9H2,1-5H3,(H,17,21)(H,19,20)/t11-,13+,15-/m1/s1. The molecule has 7 heteroatoms. The van der Waals surface area contributed by atoms with Gasteiger partial charge in [-0.1, -0.05) is 34.1 Å². The molecule has 0 rings (SSSR count). The summed E-state index contributed by atoms with van der Waals surface area (Å²) < 4.78 is 9.99. The molecule has 134 valence electrons. The van der Waals surface area contributed by atoms with Gasteiger partial charge in [-0.05, 0) is 18.3 Å². The average molecular weight is 331 g/mol. The first-order valence-electron chi connectivity index (χ1n) is 7.99. The van der Waals surface area contributed by atoms with E-state index in [-0.39, 0.29) is 24.8 Å². The summed E-state index contributed by atoms with van der Waals surface area (Å²) >= 11 is 0. The van der Waals surface area contributed by atoms with Gasteiger partial charge >= 0.3 is 18.0 Å². The molecule has 0 aliphatic carbocycles. The first kappa shape index (κ1) is 21.2. The average Bonchev–Trinajstić information content (AvgIpc) is 2.42. The second-order valence-electron chi connectivity index (χ2n) is 6.22. The predicted octanol–water partition coefficient (Wildman–Crippen LogP) is 2.78. The topological polar surface area (TPSA) is 102 Å². The van der Waals surface area contributed by atoms with Gasteiger partial charge in [0, 0.05) is 25.8 Å². The molecule has 0 aromatic carbocycles. The Balaban J connectivity index is 4.48. The van der Waals surface area contributed by atoms with Gasteiger partial charge in [0.05, 0.1) is 0 Å². The summed E-state index contributed by atoms with van der Waals surface area (Å²) in [4.78, 5) is 33.7. The van der Waals surface area contributed by atoms with Crippen LogP contribution in [0.5, 0.6) is 0 Å². The van der Waals surface area contributed by atoms with Gasteiger partial charge in [0.25, 0.3) is 6.29 Å². The fourth-order valence-electron chi connectivity index (χ4n) is 2.06. The number of aliphatic carboxylic acids is 1. The van der Waals surface area contributed by atoms with Crippen LogP contribution in [-0.2, 0) is 19.1 Å². The van der Waals surface area contributed by atoms with E-state index in [1.807, 2.05) is 13.8 Å². The number of alkyl carbamates (subject to hydrolysis) is 1. The number of carboxylic acid groups (broad SMARTS) is 1. The summed E-state index contributed by atoms with van der Waals surface area (Å²) in [6.07, 6.45) is -0.0323. The maximum absolute atomic E-state index is 11.8. The van der Waals surface area contributed by atoms with E-state index >= 15 is 0 Å². The van der Waals surface area contributed by atoms with Gasteiger partial charge in [0.15, 0.2) is 0 Å². The normalized spacial score (nSPS) is 14.7. The van der Waals surface area contributed by atoms with Crippen molar-refractivity contribution in [1.82, 2.24) is 5.32 Å². The summed E-state index contributed by atoms with van der Waals surface area (Å²) in [5.74, 6) is -1.40. The highest BCUT2D eigenvalue weighted by Gasteiger charge is 2.22. The molecule has 1 amide bonds. The lowest BCUT2D eigenvalue weighted by Crippen LogP contribution is -2.37. The highest BCUT2D eigenvalue weighted by Crippen LogP contribution is 2.18. The molecule has 0 bridgehead atoms. The van der Waals surface area contributed by atoms with Gasteiger partial charge in [-0.3, -0.25) is 9.59 Å². The SMILES string of the molecule is CC[C@@H](C)C[C@H](CNC(=O)O[C@@H](OC(C)=O)C(C)C)CC(=O)O. The molecule has 0 saturated carbocycles. The number of carbonyl (C=O) groups excluding carboxylic acids is 2. The minimum Gasteiger partial charge on any atom is -0.481 e. The molecule has 0 spiro atoms. The van der Waals surface area contributed by atoms with Gasteiger partial charge in [-0.25, -0.2) is 4.79 Å². The fraction of sp³-hybridized carbons (Fsp3) is 0.812. The van der Waals surface area contributed by atoms with E-state index in [2.05, 4.69) is 5.32 Å². The third kappa shape index (κ3) is 10.5. The van der Waals surface area contributed by atoms with Crippen molar-refractivity contribution in [2.45, 2.75) is 60.2 Å². The highest BCUT2D eigenvalue weighted by molar-refractivity contribution is 5.69. The molecule has 23 heavy (non-hydrogen) atoms. The number of hydrogen-bond acceptors (Lipinski definition) is 5. The first-order valence-corrected chi connectivity index (χ1v) is 7.99. The Morgan fingerprint density at radius 2 is 1.74 bits per heavy atom. The zero-order chi connectivity index (χ0) is 18.0. The third-order valence-electron chi connectivity index (χ3n) is 3.48. The number of rotatable bonds is 10. The quantitative estimate of drug-likeness (QED) is 0.471. The summed E-state index contributed by atoms with van der Waals surface area (Å²) in [5.41, 5.74) is 0. The number of nitrogens with one attached hydrogen (secondary N) is 1. The van der Waals surface area contributed by atoms with Crippen molar-refractivity contribution in [3.8, 4) is 0 Å². The van der Waals surface area contributed by atoms with Gasteiger partial charge in [0.1, 0.15) is 0 Å². The molecule has 0 aromatic heterocycles. The number of carboxylic acids is 1. The molecule has 3 atom stereocenters. The van der Waals surface area contributed by atoms with Crippen LogP contribution in [0.2, 0.25) is 0 Å². The second-order valence-corrected chi connectivity index (χ2v) is 6.22. The Hall–Kier alpha value is -1.79. The second kappa shape index (κ2) is 10.9. The van der Waals surface area contributed by atoms with Crippen LogP contribution in [0, 0.1) is 17.8 Å². The monoisotopic (exact) mass is 331 g/mol. The van der Waals surface area contributed by atoms with Crippen LogP contribution in [-0.4, -0.2) is 36.0 Å². The Morgan fingerprint density at radius 1 is 1.13 bits per heavy atom. The number of hydrogen-bond donors (Lipinski definition) is 2. The van der Waals surface area contributed by atoms with Crippen molar-refractivity contribution in [1.29, 1.82) is 0 Å². The summed E-state index contributed by atoms with van der Waals surface area (Å²) in [5, 5.41) is 11.5. The number of esters is 1. The molecule has 0 heterocycles. The van der Waals surface area contributed by atoms with Crippen LogP contribution in [0.3, 0.4) is 0 Å². The molecule has 2 N–H and O–H groups in total. The van der Waals surface area contributed by atoms with Crippen molar-refractivity contribution < 1.29 is 29.0 Å². The minimum atomic E-state index is -0.958. The van der Waals surface area contributed by atoms with Crippen LogP contribution in [0.15, 0.2) is 0 Å². The molecule has 0 aliphatic rings. The molecule has 0 unspecified atom stereocenters. The van der Waals surface area contributed by atoms with E-state index in [1.54, 1.807) is 13.8 Å². The van der Waals surface area contributed by atoms with Crippen molar-refractivity contribution in [2.24, 2.45) is 17.8 Å². The lowest BCUT2D eigenvalue weighted by Gasteiger charge is -2.22. The van der Waals surface area contributed by atoms with E-state index < -0.39 is 24.3 Å². The smallest absolute Gasteiger partial charge is 0.410 e. The van der Waals surface area contributed by atoms with E-state index in [4.69, 9.17) is 14.6 Å². The molecule has 0 aliphatic heterocycles. The Kier molecular flexibility index (Phi) is 10.0. The zero-order valence-corrected chi connectivity index (χ0v) is 14.6. The third-order valence-corrected chi connectivity index (χ3v) is 3.48. The molecule has 0 fully saturated rings. The zero-order valence-electron chi connectivity index (χ0n) is 14.6. The van der Waals surface area contributed by atoms with E-state index in [1.165, 1.54) is 6.92 Å². The van der Waals surface area contributed by atoms with Crippen molar-refractivity contribution in [3.05, 3.63) is 0 Å². The largest absolute Gasteiger partial charge is 0.481 e. The lowest BCUT2D eigenvalue weighted by molar-refractivity contribution is -0.172. The molecular weight excluding hydrogens is 302 g/mol. The van der Waals surface area contributed by atoms with Crippen LogP contribution < -0.4 is 5.32 Å². The summed E-state index contributed by atoms with van der Waals surface area (Å²) in [7, 11) is 0. The maximum atomic E-state index is 11.8. The van der Waals surface area contributed by atoms with Crippen molar-refractivity contribution in [2.75, 3.05) is 6.54 Å². The van der Waals surface area contributed by atoms with Crippen LogP contribution in [0.4, 0.5) is 4.79 Å². The Bertz CT molecular complexity index is 396. The molecule has 0 radical (unpaired) electrons. The highest BCUT2D eigenvalue weighted by atomic mass is 16.7. The van der Waals surface area contributed by atoms with Crippen molar-refractivity contribution in [3.63, 3.8) is 0 Å². The molecule has 0 saturated heterocycles. The van der Waals surface area contributed by atoms with Gasteiger partial charge in [-0.15, -0.1) is 0 Å². The summed E-state index contributed by atoms with van der Waals surface area (Å²) in [6.45, 7) is 9.05. The van der Waals surface area contributed by atoms with E-state index in [0.29, 0.717) is 12.3 Å². The van der Waals surface area contributed by atoms with Gasteiger partial charge in [0.2, 0.25) is 0 Å². The fourth-order valence-corrected chi connectivity index (χ4v) is 2.06. The number of ether oxygens (including phenoxy) is 2. The molecule has 7 nitrogen and oxygen atoms in total. The summed E-state index contributed by atoms with van der Waals surface area (Å²) in [6, 6.07) is 0. The van der Waals surface area contributed by atoms with Crippen LogP contribution >= 0.6 is 0 Å². The van der Waals surface area contributed by atoms with Crippen LogP contribution in [0.25, 0.3) is 0 Å². The van der Waals surface area contributed by atoms with E-state index in [0.717, 1.165) is 6.42 Å². The van der Waals surface area contributed by atoms with Crippen molar-refractivity contribution >= 4 is 18.0 Å². The molecular formula is C16H29NO6. The van der Waals surface area contributed by atoms with E-state index in [9.17, 15) is 14.4 Å². The van der Waals surface area contributed by atoms with Crippen LogP contribution in [0.1, 0.15) is 53.9 Å². The lowest BCUT2D eigenvalue weighted by atomic mass is 9.91. The predicted molar refractivity (Wildman–Crippen MR) is 84.7 cm³/mol. The first-order chi connectivity index (χ1) is 10.6. The molecule has 0 aromatic rings. The Morgan fingerprint density at radius 3 is 2.17 bits per heavy atom. The number of carbonyl (C=O) groups is 3. The van der Waals surface area contributed by atoms with Gasteiger partial charge < -0.3 is 19.9 Å². The maximum Gasteiger partial charge on any atom is 0.410 e. The van der Waals surface area contributed by atoms with Gasteiger partial charge in [-0.2, -0.15) is 0 Å².